The molecule has 1 heterocycles. The smallest absolute Gasteiger partial charge is 0.218 e. The molecule has 1 rings (SSSR count). The van der Waals surface area contributed by atoms with Gasteiger partial charge >= 0.3 is 0 Å². The minimum Gasteiger partial charge on any atom is -0.218 e. The fourth-order valence-corrected chi connectivity index (χ4v) is 3.63. The lowest BCUT2D eigenvalue weighted by molar-refractivity contribution is 0.572. The molecule has 1 N–H and O–H groups in total. The fraction of sp³-hybridized carbons (Fsp3) is 0.500. The van der Waals surface area contributed by atoms with E-state index in [1.54, 1.807) is 0 Å². The quantitative estimate of drug-likeness (QED) is 0.838. The van der Waals surface area contributed by atoms with E-state index in [1.807, 2.05) is 24.4 Å². The summed E-state index contributed by atoms with van der Waals surface area (Å²) in [6, 6.07) is 3.72. The van der Waals surface area contributed by atoms with Gasteiger partial charge in [-0.25, -0.2) is 13.1 Å². The summed E-state index contributed by atoms with van der Waals surface area (Å²) in [6.07, 6.45) is 0.601. The Kier molecular flexibility index (Phi) is 3.47. The van der Waals surface area contributed by atoms with E-state index in [0.717, 1.165) is 4.88 Å². The third-order valence-electron chi connectivity index (χ3n) is 1.89. The van der Waals surface area contributed by atoms with E-state index in [9.17, 15) is 8.42 Å². The van der Waals surface area contributed by atoms with Crippen LogP contribution < -0.4 is 4.72 Å². The second kappa shape index (κ2) is 4.21. The number of thiophene rings is 1. The molecule has 0 aliphatic carbocycles. The first-order valence-corrected chi connectivity index (χ1v) is 6.50. The molecule has 0 saturated heterocycles. The predicted molar refractivity (Wildman–Crippen MR) is 55.3 cm³/mol. The minimum absolute atomic E-state index is 0.405. The SMILES string of the molecule is CCC(c1cccs1)S(=O)(=O)NC. The molecule has 5 heteroatoms. The Morgan fingerprint density at radius 2 is 2.31 bits per heavy atom. The first kappa shape index (κ1) is 10.7. The highest BCUT2D eigenvalue weighted by Gasteiger charge is 2.24. The van der Waals surface area contributed by atoms with Crippen molar-refractivity contribution < 1.29 is 8.42 Å². The van der Waals surface area contributed by atoms with Gasteiger partial charge in [0.2, 0.25) is 10.0 Å². The highest BCUT2D eigenvalue weighted by Crippen LogP contribution is 2.28. The lowest BCUT2D eigenvalue weighted by Crippen LogP contribution is -2.24. The third kappa shape index (κ3) is 2.30. The third-order valence-corrected chi connectivity index (χ3v) is 4.93. The highest BCUT2D eigenvalue weighted by atomic mass is 32.2. The zero-order valence-corrected chi connectivity index (χ0v) is 9.28. The summed E-state index contributed by atoms with van der Waals surface area (Å²) in [7, 11) is -1.72. The van der Waals surface area contributed by atoms with Crippen LogP contribution in [0, 0.1) is 0 Å². The van der Waals surface area contributed by atoms with Crippen LogP contribution in [0.25, 0.3) is 0 Å². The largest absolute Gasteiger partial charge is 0.219 e. The van der Waals surface area contributed by atoms with Gasteiger partial charge in [-0.1, -0.05) is 13.0 Å². The number of rotatable bonds is 4. The fourth-order valence-electron chi connectivity index (χ4n) is 1.19. The van der Waals surface area contributed by atoms with Crippen molar-refractivity contribution in [1.82, 2.24) is 4.72 Å². The summed E-state index contributed by atoms with van der Waals surface area (Å²) in [5.74, 6) is 0. The molecule has 0 saturated carbocycles. The Labute approximate surface area is 82.8 Å². The Morgan fingerprint density at radius 1 is 1.62 bits per heavy atom. The van der Waals surface area contributed by atoms with E-state index in [1.165, 1.54) is 18.4 Å². The summed E-state index contributed by atoms with van der Waals surface area (Å²) in [6.45, 7) is 1.87. The highest BCUT2D eigenvalue weighted by molar-refractivity contribution is 7.89. The second-order valence-electron chi connectivity index (χ2n) is 2.66. The van der Waals surface area contributed by atoms with Crippen LogP contribution in [0.2, 0.25) is 0 Å². The van der Waals surface area contributed by atoms with Crippen LogP contribution in [-0.4, -0.2) is 15.5 Å². The normalized spacial score (nSPS) is 14.3. The molecule has 1 aromatic rings. The van der Waals surface area contributed by atoms with Crippen molar-refractivity contribution in [2.45, 2.75) is 18.6 Å². The summed E-state index contributed by atoms with van der Waals surface area (Å²) in [4.78, 5) is 0.900. The molecular weight excluding hydrogens is 206 g/mol. The molecule has 0 fully saturated rings. The number of hydrogen-bond acceptors (Lipinski definition) is 3. The topological polar surface area (TPSA) is 46.2 Å². The maximum absolute atomic E-state index is 11.5. The molecule has 1 atom stereocenters. The maximum Gasteiger partial charge on any atom is 0.219 e. The van der Waals surface area contributed by atoms with Gasteiger partial charge < -0.3 is 0 Å². The minimum atomic E-state index is -3.17. The lowest BCUT2D eigenvalue weighted by Gasteiger charge is -2.12. The van der Waals surface area contributed by atoms with Gasteiger partial charge in [0.15, 0.2) is 0 Å². The van der Waals surface area contributed by atoms with Crippen molar-refractivity contribution >= 4 is 21.4 Å². The molecule has 0 aliphatic rings. The Hall–Kier alpha value is -0.390. The molecule has 0 radical (unpaired) electrons. The van der Waals surface area contributed by atoms with E-state index >= 15 is 0 Å². The van der Waals surface area contributed by atoms with Gasteiger partial charge in [-0.05, 0) is 24.9 Å². The average Bonchev–Trinajstić information content (AvgIpc) is 2.58. The van der Waals surface area contributed by atoms with E-state index in [0.29, 0.717) is 6.42 Å². The van der Waals surface area contributed by atoms with E-state index in [-0.39, 0.29) is 0 Å². The molecule has 74 valence electrons. The Morgan fingerprint density at radius 3 is 2.69 bits per heavy atom. The molecule has 0 bridgehead atoms. The van der Waals surface area contributed by atoms with Gasteiger partial charge in [-0.2, -0.15) is 0 Å². The first-order chi connectivity index (χ1) is 6.11. The van der Waals surface area contributed by atoms with Gasteiger partial charge in [0.05, 0.1) is 0 Å². The second-order valence-corrected chi connectivity index (χ2v) is 5.71. The zero-order valence-electron chi connectivity index (χ0n) is 7.65. The van der Waals surface area contributed by atoms with Crippen LogP contribution in [0.4, 0.5) is 0 Å². The predicted octanol–water partition coefficient (Wildman–Crippen LogP) is 1.75. The van der Waals surface area contributed by atoms with Gasteiger partial charge in [0.25, 0.3) is 0 Å². The number of hydrogen-bond donors (Lipinski definition) is 1. The maximum atomic E-state index is 11.5. The molecule has 0 spiro atoms. The Bertz CT molecular complexity index is 342. The molecule has 1 aromatic heterocycles. The van der Waals surface area contributed by atoms with Crippen LogP contribution in [0.15, 0.2) is 17.5 Å². The van der Waals surface area contributed by atoms with E-state index in [4.69, 9.17) is 0 Å². The van der Waals surface area contributed by atoms with E-state index in [2.05, 4.69) is 4.72 Å². The van der Waals surface area contributed by atoms with E-state index < -0.39 is 15.3 Å². The summed E-state index contributed by atoms with van der Waals surface area (Å²) < 4.78 is 25.4. The first-order valence-electron chi connectivity index (χ1n) is 4.07. The van der Waals surface area contributed by atoms with Crippen molar-refractivity contribution in [1.29, 1.82) is 0 Å². The van der Waals surface area contributed by atoms with Crippen molar-refractivity contribution in [3.8, 4) is 0 Å². The molecule has 0 amide bonds. The van der Waals surface area contributed by atoms with Crippen molar-refractivity contribution in [3.63, 3.8) is 0 Å². The van der Waals surface area contributed by atoms with Crippen molar-refractivity contribution in [3.05, 3.63) is 22.4 Å². The van der Waals surface area contributed by atoms with Crippen LogP contribution in [-0.2, 0) is 10.0 Å². The molecular formula is C8H13NO2S2. The average molecular weight is 219 g/mol. The van der Waals surface area contributed by atoms with Gasteiger partial charge in [0.1, 0.15) is 5.25 Å². The Balaban J connectivity index is 3.00. The summed E-state index contributed by atoms with van der Waals surface area (Å²) in [5.41, 5.74) is 0. The number of nitrogens with one attached hydrogen (secondary N) is 1. The van der Waals surface area contributed by atoms with Crippen LogP contribution in [0.5, 0.6) is 0 Å². The molecule has 1 unspecified atom stereocenters. The lowest BCUT2D eigenvalue weighted by atomic mass is 10.3. The van der Waals surface area contributed by atoms with Gasteiger partial charge in [-0.3, -0.25) is 0 Å². The van der Waals surface area contributed by atoms with Crippen molar-refractivity contribution in [2.24, 2.45) is 0 Å². The van der Waals surface area contributed by atoms with Crippen LogP contribution >= 0.6 is 11.3 Å². The summed E-state index contributed by atoms with van der Waals surface area (Å²) in [5, 5.41) is 1.49. The molecule has 0 aromatic carbocycles. The summed E-state index contributed by atoms with van der Waals surface area (Å²) >= 11 is 1.48. The monoisotopic (exact) mass is 219 g/mol. The van der Waals surface area contributed by atoms with Gasteiger partial charge in [0, 0.05) is 4.88 Å². The zero-order chi connectivity index (χ0) is 9.90. The molecule has 3 nitrogen and oxygen atoms in total. The van der Waals surface area contributed by atoms with Crippen LogP contribution in [0.1, 0.15) is 23.5 Å². The number of sulfonamides is 1. The molecule has 13 heavy (non-hydrogen) atoms. The van der Waals surface area contributed by atoms with Crippen molar-refractivity contribution in [2.75, 3.05) is 7.05 Å². The molecule has 0 aliphatic heterocycles. The van der Waals surface area contributed by atoms with Gasteiger partial charge in [-0.15, -0.1) is 11.3 Å². The van der Waals surface area contributed by atoms with Crippen LogP contribution in [0.3, 0.4) is 0 Å². The standard InChI is InChI=1S/C8H13NO2S2/c1-3-8(13(10,11)9-2)7-5-4-6-12-7/h4-6,8-9H,3H2,1-2H3.